The minimum Gasteiger partial charge on any atom is -0.378 e. The van der Waals surface area contributed by atoms with Gasteiger partial charge in [0.1, 0.15) is 5.60 Å². The highest BCUT2D eigenvalue weighted by molar-refractivity contribution is 5.92. The molecule has 0 saturated heterocycles. The zero-order chi connectivity index (χ0) is 25.8. The number of hydrogen-bond acceptors (Lipinski definition) is 4. The van der Waals surface area contributed by atoms with E-state index in [1.54, 1.807) is 22.6 Å². The summed E-state index contributed by atoms with van der Waals surface area (Å²) in [4.78, 5) is 27.9. The lowest BCUT2D eigenvalue weighted by Gasteiger charge is -2.35. The Hall–Kier alpha value is -4.23. The first-order chi connectivity index (χ1) is 17.9. The van der Waals surface area contributed by atoms with Crippen molar-refractivity contribution in [2.45, 2.75) is 38.1 Å². The average Bonchev–Trinajstić information content (AvgIpc) is 3.38. The molecule has 7 nitrogen and oxygen atoms in total. The van der Waals surface area contributed by atoms with Gasteiger partial charge >= 0.3 is 0 Å². The van der Waals surface area contributed by atoms with Gasteiger partial charge in [0, 0.05) is 6.54 Å². The van der Waals surface area contributed by atoms with Gasteiger partial charge < -0.3 is 15.3 Å². The normalized spacial score (nSPS) is 14.1. The first kappa shape index (κ1) is 24.5. The van der Waals surface area contributed by atoms with Gasteiger partial charge in [0.25, 0.3) is 5.91 Å². The number of aliphatic hydroxyl groups is 1. The van der Waals surface area contributed by atoms with Crippen LogP contribution in [0.5, 0.6) is 0 Å². The summed E-state index contributed by atoms with van der Waals surface area (Å²) in [6.07, 6.45) is 0.345. The number of amides is 2. The molecule has 2 heterocycles. The predicted molar refractivity (Wildman–Crippen MR) is 141 cm³/mol. The van der Waals surface area contributed by atoms with Crippen molar-refractivity contribution in [2.24, 2.45) is 0 Å². The van der Waals surface area contributed by atoms with E-state index < -0.39 is 11.6 Å². The largest absolute Gasteiger partial charge is 0.378 e. The number of rotatable bonds is 7. The van der Waals surface area contributed by atoms with Crippen LogP contribution in [0.25, 0.3) is 0 Å². The number of hydrogen-bond donors (Lipinski definition) is 2. The van der Waals surface area contributed by atoms with Gasteiger partial charge in [0.2, 0.25) is 5.91 Å². The number of nitrogens with one attached hydrogen (secondary N) is 1. The molecule has 7 heteroatoms. The second-order valence-corrected chi connectivity index (χ2v) is 9.42. The molecule has 1 aliphatic rings. The van der Waals surface area contributed by atoms with Crippen molar-refractivity contribution in [3.05, 3.63) is 125 Å². The summed E-state index contributed by atoms with van der Waals surface area (Å²) in [7, 11) is 0. The van der Waals surface area contributed by atoms with Gasteiger partial charge in [-0.05, 0) is 29.7 Å². The fourth-order valence-electron chi connectivity index (χ4n) is 4.90. The minimum atomic E-state index is -1.43. The van der Waals surface area contributed by atoms with Crippen molar-refractivity contribution < 1.29 is 14.7 Å². The van der Waals surface area contributed by atoms with E-state index >= 15 is 0 Å². The summed E-state index contributed by atoms with van der Waals surface area (Å²) in [5.74, 6) is -0.323. The molecule has 2 amide bonds. The molecule has 0 aliphatic carbocycles. The Morgan fingerprint density at radius 3 is 2.08 bits per heavy atom. The van der Waals surface area contributed by atoms with Crippen LogP contribution in [-0.4, -0.2) is 44.2 Å². The number of fused-ring (bicyclic) bond motifs is 1. The quantitative estimate of drug-likeness (QED) is 0.412. The number of nitrogens with zero attached hydrogens (tertiary/aromatic N) is 3. The van der Waals surface area contributed by atoms with Gasteiger partial charge in [-0.3, -0.25) is 14.3 Å². The fraction of sp³-hybridized carbons (Fsp3) is 0.233. The number of aromatic nitrogens is 2. The van der Waals surface area contributed by atoms with Crippen LogP contribution < -0.4 is 5.32 Å². The van der Waals surface area contributed by atoms with E-state index in [1.165, 1.54) is 0 Å². The first-order valence-corrected chi connectivity index (χ1v) is 12.5. The van der Waals surface area contributed by atoms with E-state index in [9.17, 15) is 14.7 Å². The molecule has 5 rings (SSSR count). The summed E-state index contributed by atoms with van der Waals surface area (Å²) in [6, 6.07) is 29.4. The lowest BCUT2D eigenvalue weighted by atomic mass is 9.81. The second kappa shape index (κ2) is 10.4. The Morgan fingerprint density at radius 2 is 1.49 bits per heavy atom. The van der Waals surface area contributed by atoms with Crippen LogP contribution in [0.15, 0.2) is 97.1 Å². The molecule has 0 unspecified atom stereocenters. The highest BCUT2D eigenvalue weighted by atomic mass is 16.3. The minimum absolute atomic E-state index is 0.0501. The SMILES string of the molecule is C[C@H](NC(=O)c1cc2n(n1)CCN(C(=O)Cc1ccccc1)C2)C(O)(c1ccccc1)c1ccccc1. The maximum atomic E-state index is 13.3. The highest BCUT2D eigenvalue weighted by Crippen LogP contribution is 2.33. The van der Waals surface area contributed by atoms with Crippen LogP contribution in [0.3, 0.4) is 0 Å². The Bertz CT molecular complexity index is 1330. The van der Waals surface area contributed by atoms with Crippen LogP contribution in [0.4, 0.5) is 0 Å². The maximum absolute atomic E-state index is 13.3. The number of benzene rings is 3. The summed E-state index contributed by atoms with van der Waals surface area (Å²) >= 11 is 0. The molecule has 0 saturated carbocycles. The molecule has 0 spiro atoms. The lowest BCUT2D eigenvalue weighted by molar-refractivity contribution is -0.132. The third-order valence-corrected chi connectivity index (χ3v) is 6.98. The van der Waals surface area contributed by atoms with E-state index in [0.717, 1.165) is 11.3 Å². The molecule has 1 aliphatic heterocycles. The molecule has 37 heavy (non-hydrogen) atoms. The third-order valence-electron chi connectivity index (χ3n) is 6.98. The Labute approximate surface area is 216 Å². The van der Waals surface area contributed by atoms with Crippen molar-refractivity contribution in [3.8, 4) is 0 Å². The molecular formula is C30H30N4O3. The van der Waals surface area contributed by atoms with Gasteiger partial charge in [-0.1, -0.05) is 91.0 Å². The van der Waals surface area contributed by atoms with Gasteiger partial charge in [-0.15, -0.1) is 0 Å². The Balaban J connectivity index is 1.31. The van der Waals surface area contributed by atoms with Crippen LogP contribution in [0.2, 0.25) is 0 Å². The van der Waals surface area contributed by atoms with Crippen LogP contribution in [0.1, 0.15) is 39.8 Å². The molecule has 0 bridgehead atoms. The summed E-state index contributed by atoms with van der Waals surface area (Å²) in [5, 5.41) is 19.4. The highest BCUT2D eigenvalue weighted by Gasteiger charge is 2.39. The van der Waals surface area contributed by atoms with Crippen molar-refractivity contribution >= 4 is 11.8 Å². The average molecular weight is 495 g/mol. The number of carbonyl (C=O) groups is 2. The van der Waals surface area contributed by atoms with Crippen LogP contribution in [-0.2, 0) is 29.9 Å². The van der Waals surface area contributed by atoms with Crippen molar-refractivity contribution in [3.63, 3.8) is 0 Å². The standard InChI is InChI=1S/C30H30N4O3/c1-22(30(37,24-13-7-3-8-14-24)25-15-9-4-10-16-25)31-29(36)27-20-26-21-33(17-18-34(26)32-27)28(35)19-23-11-5-2-6-12-23/h2-16,20,22,37H,17-19,21H2,1H3,(H,31,36)/t22-/m0/s1. The van der Waals surface area contributed by atoms with E-state index in [0.29, 0.717) is 37.2 Å². The van der Waals surface area contributed by atoms with Crippen molar-refractivity contribution in [1.82, 2.24) is 20.0 Å². The predicted octanol–water partition coefficient (Wildman–Crippen LogP) is 3.52. The first-order valence-electron chi connectivity index (χ1n) is 12.5. The molecule has 4 aromatic rings. The molecule has 3 aromatic carbocycles. The zero-order valence-electron chi connectivity index (χ0n) is 20.7. The molecule has 2 N–H and O–H groups in total. The maximum Gasteiger partial charge on any atom is 0.272 e. The monoisotopic (exact) mass is 494 g/mol. The fourth-order valence-corrected chi connectivity index (χ4v) is 4.90. The second-order valence-electron chi connectivity index (χ2n) is 9.42. The number of carbonyl (C=O) groups excluding carboxylic acids is 2. The smallest absolute Gasteiger partial charge is 0.272 e. The van der Waals surface area contributed by atoms with Crippen LogP contribution >= 0.6 is 0 Å². The van der Waals surface area contributed by atoms with Gasteiger partial charge in [-0.2, -0.15) is 5.10 Å². The van der Waals surface area contributed by atoms with E-state index in [2.05, 4.69) is 10.4 Å². The lowest BCUT2D eigenvalue weighted by Crippen LogP contribution is -2.49. The summed E-state index contributed by atoms with van der Waals surface area (Å²) < 4.78 is 1.78. The summed E-state index contributed by atoms with van der Waals surface area (Å²) in [6.45, 7) is 3.26. The Morgan fingerprint density at radius 1 is 0.919 bits per heavy atom. The molecule has 1 aromatic heterocycles. The van der Waals surface area contributed by atoms with E-state index in [-0.39, 0.29) is 17.5 Å². The van der Waals surface area contributed by atoms with Gasteiger partial charge in [0.05, 0.1) is 31.2 Å². The third kappa shape index (κ3) is 5.04. The molecular weight excluding hydrogens is 464 g/mol. The zero-order valence-corrected chi connectivity index (χ0v) is 20.7. The molecule has 1 atom stereocenters. The van der Waals surface area contributed by atoms with Crippen molar-refractivity contribution in [2.75, 3.05) is 6.54 Å². The summed E-state index contributed by atoms with van der Waals surface area (Å²) in [5.41, 5.74) is 1.99. The van der Waals surface area contributed by atoms with Gasteiger partial charge in [-0.25, -0.2) is 0 Å². The van der Waals surface area contributed by atoms with Gasteiger partial charge in [0.15, 0.2) is 5.69 Å². The van der Waals surface area contributed by atoms with E-state index in [1.807, 2.05) is 91.0 Å². The molecule has 0 radical (unpaired) electrons. The molecule has 188 valence electrons. The van der Waals surface area contributed by atoms with Crippen LogP contribution in [0, 0.1) is 0 Å². The molecule has 0 fully saturated rings. The topological polar surface area (TPSA) is 87.5 Å². The Kier molecular flexibility index (Phi) is 6.88. The van der Waals surface area contributed by atoms with Crippen molar-refractivity contribution in [1.29, 1.82) is 0 Å². The van der Waals surface area contributed by atoms with E-state index in [4.69, 9.17) is 0 Å².